The van der Waals surface area contributed by atoms with Gasteiger partial charge < -0.3 is 9.15 Å². The smallest absolute Gasteiger partial charge is 0.193 e. The Kier molecular flexibility index (Phi) is 3.60. The fraction of sp³-hybridized carbons (Fsp3) is 0. The molecule has 116 valence electrons. The predicted molar refractivity (Wildman–Crippen MR) is 94.4 cm³/mol. The van der Waals surface area contributed by atoms with E-state index in [0.29, 0.717) is 22.5 Å². The van der Waals surface area contributed by atoms with Crippen molar-refractivity contribution in [2.75, 3.05) is 0 Å². The van der Waals surface area contributed by atoms with Gasteiger partial charge in [0, 0.05) is 11.6 Å². The standard InChI is InChI=1S/C21H14O3/c22-19-14-21(24-20-12-5-4-11-18(19)20)15-7-6-10-17(13-15)23-16-8-2-1-3-9-16/h1-14H. The van der Waals surface area contributed by atoms with E-state index in [-0.39, 0.29) is 5.43 Å². The van der Waals surface area contributed by atoms with Crippen molar-refractivity contribution in [1.82, 2.24) is 0 Å². The summed E-state index contributed by atoms with van der Waals surface area (Å²) in [6.45, 7) is 0. The van der Waals surface area contributed by atoms with E-state index in [1.54, 1.807) is 12.1 Å². The van der Waals surface area contributed by atoms with Gasteiger partial charge >= 0.3 is 0 Å². The van der Waals surface area contributed by atoms with E-state index in [2.05, 4.69) is 0 Å². The minimum atomic E-state index is -0.0544. The molecule has 0 spiro atoms. The summed E-state index contributed by atoms with van der Waals surface area (Å²) in [5, 5.41) is 0.581. The minimum absolute atomic E-state index is 0.0544. The zero-order chi connectivity index (χ0) is 16.4. The Bertz CT molecular complexity index is 1050. The van der Waals surface area contributed by atoms with Gasteiger partial charge in [0.2, 0.25) is 0 Å². The Morgan fingerprint density at radius 3 is 2.33 bits per heavy atom. The Balaban J connectivity index is 1.75. The minimum Gasteiger partial charge on any atom is -0.457 e. The van der Waals surface area contributed by atoms with Crippen LogP contribution in [0.5, 0.6) is 11.5 Å². The average molecular weight is 314 g/mol. The van der Waals surface area contributed by atoms with Crippen LogP contribution >= 0.6 is 0 Å². The Morgan fingerprint density at radius 1 is 0.708 bits per heavy atom. The molecule has 24 heavy (non-hydrogen) atoms. The van der Waals surface area contributed by atoms with Gasteiger partial charge in [0.15, 0.2) is 5.43 Å². The second-order valence-corrected chi connectivity index (χ2v) is 5.41. The first-order chi connectivity index (χ1) is 11.8. The lowest BCUT2D eigenvalue weighted by Gasteiger charge is -2.08. The Labute approximate surface area is 138 Å². The first-order valence-corrected chi connectivity index (χ1v) is 7.66. The van der Waals surface area contributed by atoms with Gasteiger partial charge in [0.1, 0.15) is 22.8 Å². The molecular formula is C21H14O3. The lowest BCUT2D eigenvalue weighted by Crippen LogP contribution is -1.99. The molecule has 0 amide bonds. The predicted octanol–water partition coefficient (Wildman–Crippen LogP) is 5.25. The first kappa shape index (κ1) is 14.3. The molecule has 1 heterocycles. The third-order valence-corrected chi connectivity index (χ3v) is 3.73. The number of ether oxygens (including phenoxy) is 1. The van der Waals surface area contributed by atoms with Crippen LogP contribution in [0.25, 0.3) is 22.3 Å². The summed E-state index contributed by atoms with van der Waals surface area (Å²) in [6, 6.07) is 25.8. The van der Waals surface area contributed by atoms with Gasteiger partial charge in [0.05, 0.1) is 5.39 Å². The third kappa shape index (κ3) is 2.79. The number of hydrogen-bond donors (Lipinski definition) is 0. The molecule has 3 heteroatoms. The van der Waals surface area contributed by atoms with E-state index in [1.807, 2.05) is 66.7 Å². The molecule has 4 aromatic rings. The molecule has 0 saturated carbocycles. The normalized spacial score (nSPS) is 10.7. The zero-order valence-electron chi connectivity index (χ0n) is 12.8. The maximum Gasteiger partial charge on any atom is 0.193 e. The molecule has 0 aliphatic rings. The fourth-order valence-electron chi connectivity index (χ4n) is 2.58. The van der Waals surface area contributed by atoms with E-state index >= 15 is 0 Å². The summed E-state index contributed by atoms with van der Waals surface area (Å²) in [5.41, 5.74) is 1.32. The van der Waals surface area contributed by atoms with E-state index in [0.717, 1.165) is 11.3 Å². The fourth-order valence-corrected chi connectivity index (χ4v) is 2.58. The molecule has 0 aliphatic heterocycles. The highest BCUT2D eigenvalue weighted by Gasteiger charge is 2.07. The van der Waals surface area contributed by atoms with E-state index < -0.39 is 0 Å². The van der Waals surface area contributed by atoms with Crippen molar-refractivity contribution in [3.63, 3.8) is 0 Å². The van der Waals surface area contributed by atoms with Gasteiger partial charge in [-0.3, -0.25) is 4.79 Å². The van der Waals surface area contributed by atoms with Crippen LogP contribution in [0.3, 0.4) is 0 Å². The van der Waals surface area contributed by atoms with Crippen LogP contribution in [0.4, 0.5) is 0 Å². The topological polar surface area (TPSA) is 39.4 Å². The van der Waals surface area contributed by atoms with Gasteiger partial charge in [-0.1, -0.05) is 42.5 Å². The summed E-state index contributed by atoms with van der Waals surface area (Å²) < 4.78 is 11.7. The molecule has 0 fully saturated rings. The molecule has 0 bridgehead atoms. The van der Waals surface area contributed by atoms with Crippen LogP contribution in [0.1, 0.15) is 0 Å². The van der Waals surface area contributed by atoms with Crippen molar-refractivity contribution in [3.8, 4) is 22.8 Å². The highest BCUT2D eigenvalue weighted by molar-refractivity contribution is 5.78. The maximum absolute atomic E-state index is 12.3. The lowest BCUT2D eigenvalue weighted by molar-refractivity contribution is 0.482. The Hall–Kier alpha value is -3.33. The molecule has 0 unspecified atom stereocenters. The van der Waals surface area contributed by atoms with Crippen LogP contribution in [-0.2, 0) is 0 Å². The maximum atomic E-state index is 12.3. The number of benzene rings is 3. The summed E-state index contributed by atoms with van der Waals surface area (Å²) in [5.74, 6) is 1.97. The SMILES string of the molecule is O=c1cc(-c2cccc(Oc3ccccc3)c2)oc2ccccc12. The summed E-state index contributed by atoms with van der Waals surface area (Å²) >= 11 is 0. The number of rotatable bonds is 3. The lowest BCUT2D eigenvalue weighted by atomic mass is 10.1. The molecule has 0 atom stereocenters. The van der Waals surface area contributed by atoms with Crippen molar-refractivity contribution in [3.05, 3.63) is 95.2 Å². The second-order valence-electron chi connectivity index (χ2n) is 5.41. The molecule has 3 nitrogen and oxygen atoms in total. The van der Waals surface area contributed by atoms with Gasteiger partial charge in [-0.25, -0.2) is 0 Å². The van der Waals surface area contributed by atoms with Crippen molar-refractivity contribution >= 4 is 11.0 Å². The second kappa shape index (κ2) is 6.05. The molecular weight excluding hydrogens is 300 g/mol. The quantitative estimate of drug-likeness (QED) is 0.518. The van der Waals surface area contributed by atoms with Crippen LogP contribution in [0, 0.1) is 0 Å². The molecule has 0 saturated heterocycles. The molecule has 0 radical (unpaired) electrons. The number of hydrogen-bond acceptors (Lipinski definition) is 3. The summed E-state index contributed by atoms with van der Waals surface area (Å²) in [6.07, 6.45) is 0. The van der Waals surface area contributed by atoms with Crippen molar-refractivity contribution in [2.24, 2.45) is 0 Å². The van der Waals surface area contributed by atoms with E-state index in [9.17, 15) is 4.79 Å². The molecule has 1 aromatic heterocycles. The van der Waals surface area contributed by atoms with Crippen LogP contribution in [0.2, 0.25) is 0 Å². The zero-order valence-corrected chi connectivity index (χ0v) is 12.8. The summed E-state index contributed by atoms with van der Waals surface area (Å²) in [4.78, 5) is 12.3. The summed E-state index contributed by atoms with van der Waals surface area (Å²) in [7, 11) is 0. The third-order valence-electron chi connectivity index (χ3n) is 3.73. The van der Waals surface area contributed by atoms with Crippen molar-refractivity contribution in [2.45, 2.75) is 0 Å². The monoisotopic (exact) mass is 314 g/mol. The van der Waals surface area contributed by atoms with Crippen LogP contribution in [-0.4, -0.2) is 0 Å². The number of fused-ring (bicyclic) bond motifs is 1. The van der Waals surface area contributed by atoms with Crippen molar-refractivity contribution in [1.29, 1.82) is 0 Å². The highest BCUT2D eigenvalue weighted by atomic mass is 16.5. The molecule has 0 N–H and O–H groups in total. The van der Waals surface area contributed by atoms with Gasteiger partial charge in [-0.15, -0.1) is 0 Å². The van der Waals surface area contributed by atoms with E-state index in [1.165, 1.54) is 6.07 Å². The Morgan fingerprint density at radius 2 is 1.46 bits per heavy atom. The molecule has 3 aromatic carbocycles. The first-order valence-electron chi connectivity index (χ1n) is 7.66. The highest BCUT2D eigenvalue weighted by Crippen LogP contribution is 2.28. The molecule has 0 aliphatic carbocycles. The van der Waals surface area contributed by atoms with Gasteiger partial charge in [-0.05, 0) is 36.4 Å². The molecule has 4 rings (SSSR count). The number of para-hydroxylation sites is 2. The van der Waals surface area contributed by atoms with Gasteiger partial charge in [-0.2, -0.15) is 0 Å². The van der Waals surface area contributed by atoms with Crippen LogP contribution < -0.4 is 10.2 Å². The van der Waals surface area contributed by atoms with Gasteiger partial charge in [0.25, 0.3) is 0 Å². The van der Waals surface area contributed by atoms with Crippen molar-refractivity contribution < 1.29 is 9.15 Å². The largest absolute Gasteiger partial charge is 0.457 e. The van der Waals surface area contributed by atoms with E-state index in [4.69, 9.17) is 9.15 Å². The average Bonchev–Trinajstić information content (AvgIpc) is 2.63. The van der Waals surface area contributed by atoms with Crippen LogP contribution in [0.15, 0.2) is 94.1 Å².